The molecule has 1 fully saturated rings. The first-order valence-electron chi connectivity index (χ1n) is 10.0. The van der Waals surface area contributed by atoms with Gasteiger partial charge in [-0.2, -0.15) is 0 Å². The van der Waals surface area contributed by atoms with E-state index < -0.39 is 0 Å². The van der Waals surface area contributed by atoms with Crippen LogP contribution in [0.3, 0.4) is 0 Å². The highest BCUT2D eigenvalue weighted by Crippen LogP contribution is 2.33. The largest absolute Gasteiger partial charge is 0.481 e. The van der Waals surface area contributed by atoms with Crippen molar-refractivity contribution in [1.82, 2.24) is 29.0 Å². The van der Waals surface area contributed by atoms with Crippen molar-refractivity contribution in [3.63, 3.8) is 0 Å². The first kappa shape index (κ1) is 17.9. The highest BCUT2D eigenvalue weighted by Gasteiger charge is 2.36. The zero-order chi connectivity index (χ0) is 20.0. The summed E-state index contributed by atoms with van der Waals surface area (Å²) in [4.78, 5) is 28.6. The molecule has 0 radical (unpaired) electrons. The molecule has 3 aromatic rings. The average Bonchev–Trinajstić information content (AvgIpc) is 3.50. The molecule has 2 aliphatic rings. The van der Waals surface area contributed by atoms with Crippen molar-refractivity contribution in [3.8, 4) is 17.5 Å². The molecule has 0 aromatic carbocycles. The Bertz CT molecular complexity index is 1060. The molecule has 0 saturated heterocycles. The van der Waals surface area contributed by atoms with Gasteiger partial charge in [0.2, 0.25) is 5.88 Å². The number of aryl methyl sites for hydroxylation is 1. The van der Waals surface area contributed by atoms with Crippen LogP contribution >= 0.6 is 0 Å². The van der Waals surface area contributed by atoms with E-state index in [1.807, 2.05) is 39.5 Å². The maximum atomic E-state index is 13.0. The number of nitrogens with zero attached hydrogens (tertiary/aromatic N) is 6. The summed E-state index contributed by atoms with van der Waals surface area (Å²) in [6.45, 7) is 1.08. The number of imidazole rings is 2. The summed E-state index contributed by atoms with van der Waals surface area (Å²) < 4.78 is 9.51. The van der Waals surface area contributed by atoms with E-state index in [1.54, 1.807) is 19.5 Å². The average molecular weight is 392 g/mol. The van der Waals surface area contributed by atoms with E-state index in [4.69, 9.17) is 9.72 Å². The van der Waals surface area contributed by atoms with E-state index in [0.29, 0.717) is 30.6 Å². The van der Waals surface area contributed by atoms with Crippen LogP contribution in [-0.4, -0.2) is 48.0 Å². The zero-order valence-corrected chi connectivity index (χ0v) is 16.7. The van der Waals surface area contributed by atoms with Gasteiger partial charge in [0, 0.05) is 43.4 Å². The molecule has 150 valence electrons. The van der Waals surface area contributed by atoms with Crippen LogP contribution in [0.25, 0.3) is 11.6 Å². The number of pyridine rings is 1. The Morgan fingerprint density at radius 1 is 1.14 bits per heavy atom. The van der Waals surface area contributed by atoms with Gasteiger partial charge in [0.15, 0.2) is 11.6 Å². The number of hydrogen-bond donors (Lipinski definition) is 0. The molecule has 3 aromatic heterocycles. The van der Waals surface area contributed by atoms with Gasteiger partial charge >= 0.3 is 0 Å². The Labute approximate surface area is 169 Å². The van der Waals surface area contributed by atoms with Crippen molar-refractivity contribution in [2.24, 2.45) is 7.05 Å². The molecular weight excluding hydrogens is 368 g/mol. The number of ether oxygens (including phenoxy) is 1. The molecular formula is C21H24N6O2. The molecule has 8 nitrogen and oxygen atoms in total. The van der Waals surface area contributed by atoms with Crippen LogP contribution in [0.15, 0.2) is 30.9 Å². The van der Waals surface area contributed by atoms with Gasteiger partial charge in [0.1, 0.15) is 0 Å². The SMILES string of the molecule is COc1nc2c(cc1Cn1ccnc1-c1nccn1C)C(=O)N(C1CCCC1)C2. The van der Waals surface area contributed by atoms with Crippen LogP contribution in [0.2, 0.25) is 0 Å². The van der Waals surface area contributed by atoms with Crippen molar-refractivity contribution in [2.75, 3.05) is 7.11 Å². The second-order valence-electron chi connectivity index (χ2n) is 7.76. The molecule has 29 heavy (non-hydrogen) atoms. The summed E-state index contributed by atoms with van der Waals surface area (Å²) in [6.07, 6.45) is 11.9. The smallest absolute Gasteiger partial charge is 0.256 e. The molecule has 0 atom stereocenters. The van der Waals surface area contributed by atoms with Gasteiger partial charge in [-0.1, -0.05) is 12.8 Å². The molecule has 1 amide bonds. The molecule has 0 unspecified atom stereocenters. The van der Waals surface area contributed by atoms with Gasteiger partial charge in [0.25, 0.3) is 5.91 Å². The Kier molecular flexibility index (Phi) is 4.34. The van der Waals surface area contributed by atoms with Crippen molar-refractivity contribution in [3.05, 3.63) is 47.7 Å². The van der Waals surface area contributed by atoms with Crippen molar-refractivity contribution < 1.29 is 9.53 Å². The number of fused-ring (bicyclic) bond motifs is 1. The number of amides is 1. The first-order chi connectivity index (χ1) is 14.2. The van der Waals surface area contributed by atoms with Gasteiger partial charge < -0.3 is 18.8 Å². The number of carbonyl (C=O) groups is 1. The lowest BCUT2D eigenvalue weighted by Crippen LogP contribution is -2.33. The summed E-state index contributed by atoms with van der Waals surface area (Å²) in [5.41, 5.74) is 2.38. The van der Waals surface area contributed by atoms with E-state index in [0.717, 1.165) is 35.7 Å². The number of rotatable bonds is 5. The summed E-state index contributed by atoms with van der Waals surface area (Å²) in [5.74, 6) is 2.20. The molecule has 8 heteroatoms. The lowest BCUT2D eigenvalue weighted by atomic mass is 10.1. The maximum absolute atomic E-state index is 13.0. The quantitative estimate of drug-likeness (QED) is 0.667. The third kappa shape index (κ3) is 2.99. The molecule has 1 aliphatic carbocycles. The Morgan fingerprint density at radius 2 is 1.90 bits per heavy atom. The van der Waals surface area contributed by atoms with Crippen LogP contribution in [0.4, 0.5) is 0 Å². The fourth-order valence-corrected chi connectivity index (χ4v) is 4.48. The molecule has 0 spiro atoms. The normalized spacial score (nSPS) is 16.6. The molecule has 1 saturated carbocycles. The predicted molar refractivity (Wildman–Crippen MR) is 106 cm³/mol. The van der Waals surface area contributed by atoms with E-state index in [1.165, 1.54) is 12.8 Å². The lowest BCUT2D eigenvalue weighted by Gasteiger charge is -2.22. The highest BCUT2D eigenvalue weighted by atomic mass is 16.5. The lowest BCUT2D eigenvalue weighted by molar-refractivity contribution is 0.0706. The number of hydrogen-bond acceptors (Lipinski definition) is 5. The molecule has 4 heterocycles. The van der Waals surface area contributed by atoms with E-state index in [2.05, 4.69) is 9.97 Å². The minimum Gasteiger partial charge on any atom is -0.481 e. The minimum atomic E-state index is 0.0956. The van der Waals surface area contributed by atoms with Crippen molar-refractivity contribution >= 4 is 5.91 Å². The van der Waals surface area contributed by atoms with Gasteiger partial charge in [-0.3, -0.25) is 4.79 Å². The topological polar surface area (TPSA) is 78.1 Å². The Balaban J connectivity index is 1.48. The van der Waals surface area contributed by atoms with Crippen LogP contribution < -0.4 is 4.74 Å². The van der Waals surface area contributed by atoms with Gasteiger partial charge in [-0.05, 0) is 18.9 Å². The summed E-state index contributed by atoms with van der Waals surface area (Å²) >= 11 is 0. The zero-order valence-electron chi connectivity index (χ0n) is 16.7. The van der Waals surface area contributed by atoms with Gasteiger partial charge in [-0.15, -0.1) is 0 Å². The maximum Gasteiger partial charge on any atom is 0.256 e. The number of methoxy groups -OCH3 is 1. The first-order valence-corrected chi connectivity index (χ1v) is 10.0. The molecule has 5 rings (SSSR count). The number of aromatic nitrogens is 5. The molecule has 0 bridgehead atoms. The highest BCUT2D eigenvalue weighted by molar-refractivity contribution is 5.98. The number of carbonyl (C=O) groups excluding carboxylic acids is 1. The third-order valence-electron chi connectivity index (χ3n) is 5.99. The standard InChI is InChI=1S/C21H24N6O2/c1-25-9-7-22-18(25)19-23-8-10-26(19)12-14-11-16-17(24-20(14)29-2)13-27(21(16)28)15-5-3-4-6-15/h7-11,15H,3-6,12-13H2,1-2H3. The van der Waals surface area contributed by atoms with E-state index >= 15 is 0 Å². The van der Waals surface area contributed by atoms with Gasteiger partial charge in [-0.25, -0.2) is 15.0 Å². The Hall–Kier alpha value is -3.16. The molecule has 0 N–H and O–H groups in total. The van der Waals surface area contributed by atoms with Crippen LogP contribution in [0.5, 0.6) is 5.88 Å². The summed E-state index contributed by atoms with van der Waals surface area (Å²) in [5, 5.41) is 0. The fourth-order valence-electron chi connectivity index (χ4n) is 4.48. The summed E-state index contributed by atoms with van der Waals surface area (Å²) in [7, 11) is 3.56. The predicted octanol–water partition coefficient (Wildman–Crippen LogP) is 2.63. The Morgan fingerprint density at radius 3 is 2.62 bits per heavy atom. The van der Waals surface area contributed by atoms with Crippen LogP contribution in [0.1, 0.15) is 47.3 Å². The second kappa shape index (κ2) is 7.02. The molecule has 1 aliphatic heterocycles. The summed E-state index contributed by atoms with van der Waals surface area (Å²) in [6, 6.07) is 2.29. The minimum absolute atomic E-state index is 0.0956. The van der Waals surface area contributed by atoms with Crippen LogP contribution in [0, 0.1) is 0 Å². The third-order valence-corrected chi connectivity index (χ3v) is 5.99. The van der Waals surface area contributed by atoms with Gasteiger partial charge in [0.05, 0.1) is 31.5 Å². The van der Waals surface area contributed by atoms with E-state index in [9.17, 15) is 4.79 Å². The van der Waals surface area contributed by atoms with E-state index in [-0.39, 0.29) is 5.91 Å². The van der Waals surface area contributed by atoms with Crippen molar-refractivity contribution in [1.29, 1.82) is 0 Å². The van der Waals surface area contributed by atoms with Crippen LogP contribution in [-0.2, 0) is 20.1 Å². The second-order valence-corrected chi connectivity index (χ2v) is 7.76. The monoisotopic (exact) mass is 392 g/mol. The van der Waals surface area contributed by atoms with Crippen molar-refractivity contribution in [2.45, 2.75) is 44.8 Å². The fraction of sp³-hybridized carbons (Fsp3) is 0.429.